The lowest BCUT2D eigenvalue weighted by molar-refractivity contribution is 0.0364. The van der Waals surface area contributed by atoms with Crippen molar-refractivity contribution in [2.45, 2.75) is 25.9 Å². The Morgan fingerprint density at radius 1 is 1.13 bits per heavy atom. The van der Waals surface area contributed by atoms with E-state index < -0.39 is 6.10 Å². The molecule has 0 bridgehead atoms. The average molecular weight is 480 g/mol. The van der Waals surface area contributed by atoms with E-state index in [0.29, 0.717) is 39.4 Å². The number of carbonyl (C=O) groups excluding carboxylic acids is 1. The summed E-state index contributed by atoms with van der Waals surface area (Å²) in [6.07, 6.45) is 1.09. The predicted octanol–water partition coefficient (Wildman–Crippen LogP) is 4.91. The minimum absolute atomic E-state index is 0.274. The summed E-state index contributed by atoms with van der Waals surface area (Å²) in [4.78, 5) is 13.1. The predicted molar refractivity (Wildman–Crippen MR) is 123 cm³/mol. The fraction of sp³-hybridized carbons (Fsp3) is 0.273. The summed E-state index contributed by atoms with van der Waals surface area (Å²) in [7, 11) is 0. The minimum atomic E-state index is -0.454. The Balaban J connectivity index is 1.78. The van der Waals surface area contributed by atoms with E-state index in [1.54, 1.807) is 40.0 Å². The highest BCUT2D eigenvalue weighted by molar-refractivity contribution is 6.35. The van der Waals surface area contributed by atoms with Crippen LogP contribution in [0.2, 0.25) is 15.1 Å². The largest absolute Gasteiger partial charge is 0.392 e. The SMILES string of the molecule is Cc1c(C(=O)NN2CCCC(O)C2)nn(-c2ccc(Cl)cc2Cl)c1-c1ccc(Cl)cc1. The van der Waals surface area contributed by atoms with E-state index in [-0.39, 0.29) is 11.6 Å². The molecule has 6 nitrogen and oxygen atoms in total. The van der Waals surface area contributed by atoms with Crippen LogP contribution in [0.1, 0.15) is 28.9 Å². The maximum absolute atomic E-state index is 13.1. The van der Waals surface area contributed by atoms with Gasteiger partial charge in [0.2, 0.25) is 0 Å². The van der Waals surface area contributed by atoms with E-state index in [4.69, 9.17) is 34.8 Å². The number of aliphatic hydroxyl groups is 1. The molecule has 1 aromatic heterocycles. The van der Waals surface area contributed by atoms with Gasteiger partial charge in [0.25, 0.3) is 5.91 Å². The zero-order valence-electron chi connectivity index (χ0n) is 16.8. The lowest BCUT2D eigenvalue weighted by atomic mass is 10.1. The number of aliphatic hydroxyl groups excluding tert-OH is 1. The van der Waals surface area contributed by atoms with Crippen molar-refractivity contribution in [3.63, 3.8) is 0 Å². The molecular formula is C22H21Cl3N4O2. The van der Waals surface area contributed by atoms with Crippen molar-refractivity contribution in [3.05, 3.63) is 68.8 Å². The average Bonchev–Trinajstić information content (AvgIpc) is 3.06. The fourth-order valence-electron chi connectivity index (χ4n) is 3.74. The number of hydrogen-bond acceptors (Lipinski definition) is 4. The molecule has 1 fully saturated rings. The summed E-state index contributed by atoms with van der Waals surface area (Å²) in [5, 5.41) is 17.8. The van der Waals surface area contributed by atoms with Gasteiger partial charge in [-0.2, -0.15) is 5.10 Å². The molecule has 9 heteroatoms. The molecule has 3 aromatic rings. The molecule has 1 atom stereocenters. The molecule has 1 amide bonds. The highest BCUT2D eigenvalue weighted by Gasteiger charge is 2.26. The summed E-state index contributed by atoms with van der Waals surface area (Å²) in [5.41, 5.74) is 6.01. The molecule has 0 aliphatic carbocycles. The number of hydrazine groups is 1. The summed E-state index contributed by atoms with van der Waals surface area (Å²) in [6, 6.07) is 12.4. The molecule has 0 saturated carbocycles. The zero-order chi connectivity index (χ0) is 22.1. The summed E-state index contributed by atoms with van der Waals surface area (Å²) in [6.45, 7) is 2.91. The first-order valence-electron chi connectivity index (χ1n) is 9.88. The molecule has 1 unspecified atom stereocenters. The molecule has 4 rings (SSSR count). The third-order valence-electron chi connectivity index (χ3n) is 5.25. The molecule has 2 N–H and O–H groups in total. The minimum Gasteiger partial charge on any atom is -0.392 e. The topological polar surface area (TPSA) is 70.4 Å². The maximum Gasteiger partial charge on any atom is 0.286 e. The van der Waals surface area contributed by atoms with Gasteiger partial charge in [0.1, 0.15) is 0 Å². The second-order valence-corrected chi connectivity index (χ2v) is 8.80. The first-order chi connectivity index (χ1) is 14.8. The second-order valence-electron chi connectivity index (χ2n) is 7.52. The fourth-order valence-corrected chi connectivity index (χ4v) is 4.35. The molecule has 1 aliphatic heterocycles. The molecule has 2 heterocycles. The monoisotopic (exact) mass is 478 g/mol. The quantitative estimate of drug-likeness (QED) is 0.558. The van der Waals surface area contributed by atoms with Crippen LogP contribution >= 0.6 is 34.8 Å². The van der Waals surface area contributed by atoms with Crippen molar-refractivity contribution in [2.24, 2.45) is 0 Å². The first-order valence-corrected chi connectivity index (χ1v) is 11.0. The van der Waals surface area contributed by atoms with Crippen molar-refractivity contribution >= 4 is 40.7 Å². The molecule has 1 saturated heterocycles. The van der Waals surface area contributed by atoms with Crippen LogP contribution in [0.4, 0.5) is 0 Å². The van der Waals surface area contributed by atoms with Crippen LogP contribution in [-0.2, 0) is 0 Å². The number of nitrogens with zero attached hydrogens (tertiary/aromatic N) is 3. The van der Waals surface area contributed by atoms with Crippen LogP contribution in [0.3, 0.4) is 0 Å². The molecule has 2 aromatic carbocycles. The van der Waals surface area contributed by atoms with Gasteiger partial charge in [0, 0.05) is 34.3 Å². The Hall–Kier alpha value is -2.09. The normalized spacial score (nSPS) is 17.0. The van der Waals surface area contributed by atoms with Gasteiger partial charge in [-0.05, 0) is 50.1 Å². The van der Waals surface area contributed by atoms with E-state index in [1.165, 1.54) is 0 Å². The highest BCUT2D eigenvalue weighted by Crippen LogP contribution is 2.33. The zero-order valence-corrected chi connectivity index (χ0v) is 19.0. The Labute approximate surface area is 195 Å². The summed E-state index contributed by atoms with van der Waals surface area (Å²) >= 11 is 18.6. The molecule has 31 heavy (non-hydrogen) atoms. The van der Waals surface area contributed by atoms with Crippen LogP contribution < -0.4 is 5.43 Å². The Morgan fingerprint density at radius 3 is 2.52 bits per heavy atom. The van der Waals surface area contributed by atoms with Gasteiger partial charge in [-0.1, -0.05) is 46.9 Å². The van der Waals surface area contributed by atoms with Crippen molar-refractivity contribution in [1.29, 1.82) is 0 Å². The number of hydrogen-bond donors (Lipinski definition) is 2. The van der Waals surface area contributed by atoms with Crippen LogP contribution in [0.5, 0.6) is 0 Å². The number of piperidine rings is 1. The van der Waals surface area contributed by atoms with Gasteiger partial charge in [-0.3, -0.25) is 10.2 Å². The number of β-amino-alcohol motifs (C(OH)–C–C–N with tert-alkyl or cyclic N) is 1. The molecule has 1 aliphatic rings. The Kier molecular flexibility index (Phi) is 6.55. The number of halogens is 3. The third kappa shape index (κ3) is 4.73. The van der Waals surface area contributed by atoms with E-state index in [2.05, 4.69) is 10.5 Å². The van der Waals surface area contributed by atoms with Crippen molar-refractivity contribution in [2.75, 3.05) is 13.1 Å². The molecule has 162 valence electrons. The summed E-state index contributed by atoms with van der Waals surface area (Å²) in [5.74, 6) is -0.342. The lowest BCUT2D eigenvalue weighted by Gasteiger charge is -2.29. The number of nitrogens with one attached hydrogen (secondary N) is 1. The van der Waals surface area contributed by atoms with Gasteiger partial charge in [0.15, 0.2) is 5.69 Å². The Morgan fingerprint density at radius 2 is 1.84 bits per heavy atom. The van der Waals surface area contributed by atoms with Gasteiger partial charge in [0.05, 0.1) is 22.5 Å². The number of carbonyl (C=O) groups is 1. The van der Waals surface area contributed by atoms with Gasteiger partial charge in [-0.25, -0.2) is 9.69 Å². The number of amides is 1. The van der Waals surface area contributed by atoms with E-state index in [0.717, 1.165) is 24.1 Å². The molecule has 0 radical (unpaired) electrons. The third-order valence-corrected chi connectivity index (χ3v) is 6.04. The summed E-state index contributed by atoms with van der Waals surface area (Å²) < 4.78 is 1.65. The molecular weight excluding hydrogens is 459 g/mol. The van der Waals surface area contributed by atoms with Crippen molar-refractivity contribution in [3.8, 4) is 16.9 Å². The molecule has 0 spiro atoms. The van der Waals surface area contributed by atoms with Crippen LogP contribution in [-0.4, -0.2) is 45.0 Å². The standard InChI is InChI=1S/C22H21Cl3N4O2/c1-13-20(22(31)27-28-10-2-3-17(30)12-28)26-29(19-9-8-16(24)11-18(19)25)21(13)14-4-6-15(23)7-5-14/h4-9,11,17,30H,2-3,10,12H2,1H3,(H,27,31). The maximum atomic E-state index is 13.1. The number of rotatable bonds is 4. The lowest BCUT2D eigenvalue weighted by Crippen LogP contribution is -2.49. The van der Waals surface area contributed by atoms with E-state index in [9.17, 15) is 9.90 Å². The smallest absolute Gasteiger partial charge is 0.286 e. The second kappa shape index (κ2) is 9.18. The van der Waals surface area contributed by atoms with Gasteiger partial charge in [-0.15, -0.1) is 0 Å². The first kappa shape index (κ1) is 22.1. The Bertz CT molecular complexity index is 1110. The van der Waals surface area contributed by atoms with Crippen LogP contribution in [0.15, 0.2) is 42.5 Å². The van der Waals surface area contributed by atoms with Crippen molar-refractivity contribution in [1.82, 2.24) is 20.2 Å². The van der Waals surface area contributed by atoms with Gasteiger partial charge < -0.3 is 5.11 Å². The number of benzene rings is 2. The van der Waals surface area contributed by atoms with E-state index >= 15 is 0 Å². The highest BCUT2D eigenvalue weighted by atomic mass is 35.5. The van der Waals surface area contributed by atoms with Crippen molar-refractivity contribution < 1.29 is 9.90 Å². The van der Waals surface area contributed by atoms with Crippen LogP contribution in [0.25, 0.3) is 16.9 Å². The van der Waals surface area contributed by atoms with Gasteiger partial charge >= 0.3 is 0 Å². The van der Waals surface area contributed by atoms with Crippen LogP contribution in [0, 0.1) is 6.92 Å². The number of aromatic nitrogens is 2. The van der Waals surface area contributed by atoms with E-state index in [1.807, 2.05) is 19.1 Å².